The lowest BCUT2D eigenvalue weighted by Gasteiger charge is -2.17. The lowest BCUT2D eigenvalue weighted by atomic mass is 9.96. The summed E-state index contributed by atoms with van der Waals surface area (Å²) in [4.78, 5) is 4.52. The molecule has 0 unspecified atom stereocenters. The van der Waals surface area contributed by atoms with Crippen LogP contribution >= 0.6 is 24.0 Å². The van der Waals surface area contributed by atoms with Crippen molar-refractivity contribution in [1.29, 1.82) is 0 Å². The SMILES string of the molecule is Cl.ClC1=C(C=Nc2ccccc2)CCC/C1=C/Nc1ccccc1. The van der Waals surface area contributed by atoms with Crippen molar-refractivity contribution >= 4 is 41.6 Å². The molecule has 0 atom stereocenters. The molecule has 0 saturated carbocycles. The first kappa shape index (κ1) is 18.3. The van der Waals surface area contributed by atoms with Gasteiger partial charge in [0.1, 0.15) is 0 Å². The van der Waals surface area contributed by atoms with Crippen molar-refractivity contribution in [2.75, 3.05) is 5.32 Å². The Kier molecular flexibility index (Phi) is 7.10. The molecule has 2 aromatic rings. The first-order valence-corrected chi connectivity index (χ1v) is 8.19. The van der Waals surface area contributed by atoms with E-state index in [0.29, 0.717) is 0 Å². The zero-order chi connectivity index (χ0) is 15.9. The monoisotopic (exact) mass is 358 g/mol. The minimum absolute atomic E-state index is 0. The van der Waals surface area contributed by atoms with Crippen molar-refractivity contribution in [3.63, 3.8) is 0 Å². The van der Waals surface area contributed by atoms with Gasteiger partial charge in [0.25, 0.3) is 0 Å². The molecule has 0 bridgehead atoms. The van der Waals surface area contributed by atoms with Crippen LogP contribution in [-0.4, -0.2) is 6.21 Å². The lowest BCUT2D eigenvalue weighted by molar-refractivity contribution is 0.800. The highest BCUT2D eigenvalue weighted by atomic mass is 35.5. The summed E-state index contributed by atoms with van der Waals surface area (Å²) < 4.78 is 0. The number of para-hydroxylation sites is 2. The molecule has 0 aromatic heterocycles. The Hall–Kier alpha value is -2.03. The van der Waals surface area contributed by atoms with Crippen molar-refractivity contribution in [3.05, 3.63) is 83.0 Å². The van der Waals surface area contributed by atoms with Crippen LogP contribution in [0.4, 0.5) is 11.4 Å². The van der Waals surface area contributed by atoms with Crippen molar-refractivity contribution < 1.29 is 0 Å². The summed E-state index contributed by atoms with van der Waals surface area (Å²) in [7, 11) is 0. The van der Waals surface area contributed by atoms with E-state index >= 15 is 0 Å². The molecule has 3 rings (SSSR count). The third-order valence-corrected chi connectivity index (χ3v) is 4.25. The van der Waals surface area contributed by atoms with E-state index in [0.717, 1.165) is 46.8 Å². The molecule has 0 amide bonds. The number of anilines is 1. The highest BCUT2D eigenvalue weighted by molar-refractivity contribution is 6.33. The molecule has 124 valence electrons. The maximum Gasteiger partial charge on any atom is 0.0629 e. The number of rotatable bonds is 4. The van der Waals surface area contributed by atoms with E-state index in [4.69, 9.17) is 11.6 Å². The Morgan fingerprint density at radius 2 is 1.58 bits per heavy atom. The smallest absolute Gasteiger partial charge is 0.0629 e. The van der Waals surface area contributed by atoms with Gasteiger partial charge in [-0.15, -0.1) is 12.4 Å². The normalized spacial score (nSPS) is 16.3. The van der Waals surface area contributed by atoms with Gasteiger partial charge in [0, 0.05) is 23.1 Å². The molecule has 1 aliphatic carbocycles. The molecule has 0 fully saturated rings. The number of allylic oxidation sites excluding steroid dienone is 3. The number of hydrogen-bond donors (Lipinski definition) is 1. The van der Waals surface area contributed by atoms with E-state index in [1.807, 2.05) is 73.1 Å². The largest absolute Gasteiger partial charge is 0.361 e. The fourth-order valence-corrected chi connectivity index (χ4v) is 2.82. The molecule has 4 heteroatoms. The molecule has 0 saturated heterocycles. The van der Waals surface area contributed by atoms with Gasteiger partial charge >= 0.3 is 0 Å². The van der Waals surface area contributed by atoms with Crippen molar-refractivity contribution in [2.24, 2.45) is 4.99 Å². The number of nitrogens with one attached hydrogen (secondary N) is 1. The molecule has 1 aliphatic rings. The van der Waals surface area contributed by atoms with Gasteiger partial charge in [-0.25, -0.2) is 0 Å². The van der Waals surface area contributed by atoms with Gasteiger partial charge in [0.15, 0.2) is 0 Å². The Morgan fingerprint density at radius 1 is 0.917 bits per heavy atom. The van der Waals surface area contributed by atoms with Crippen LogP contribution in [0.5, 0.6) is 0 Å². The van der Waals surface area contributed by atoms with E-state index < -0.39 is 0 Å². The van der Waals surface area contributed by atoms with Gasteiger partial charge in [-0.3, -0.25) is 4.99 Å². The Morgan fingerprint density at radius 3 is 2.29 bits per heavy atom. The van der Waals surface area contributed by atoms with E-state index in [-0.39, 0.29) is 12.4 Å². The molecule has 24 heavy (non-hydrogen) atoms. The average Bonchev–Trinajstić information content (AvgIpc) is 2.61. The Balaban J connectivity index is 0.00000208. The number of halogens is 2. The highest BCUT2D eigenvalue weighted by Crippen LogP contribution is 2.32. The molecule has 0 heterocycles. The van der Waals surface area contributed by atoms with Crippen LogP contribution in [0.1, 0.15) is 19.3 Å². The molecular formula is C20H20Cl2N2. The second kappa shape index (κ2) is 9.31. The summed E-state index contributed by atoms with van der Waals surface area (Å²) in [5.74, 6) is 0. The van der Waals surface area contributed by atoms with Crippen LogP contribution in [0, 0.1) is 0 Å². The maximum absolute atomic E-state index is 6.56. The first-order valence-electron chi connectivity index (χ1n) is 7.82. The average molecular weight is 359 g/mol. The van der Waals surface area contributed by atoms with Gasteiger partial charge in [0.2, 0.25) is 0 Å². The van der Waals surface area contributed by atoms with Crippen molar-refractivity contribution in [1.82, 2.24) is 0 Å². The van der Waals surface area contributed by atoms with Crippen molar-refractivity contribution in [3.8, 4) is 0 Å². The minimum atomic E-state index is 0. The second-order valence-electron chi connectivity index (χ2n) is 5.47. The topological polar surface area (TPSA) is 24.4 Å². The number of aliphatic imine (C=N–C) groups is 1. The Bertz CT molecular complexity index is 735. The van der Waals surface area contributed by atoms with E-state index in [1.54, 1.807) is 0 Å². The summed E-state index contributed by atoms with van der Waals surface area (Å²) in [5.41, 5.74) is 4.25. The zero-order valence-corrected chi connectivity index (χ0v) is 14.9. The summed E-state index contributed by atoms with van der Waals surface area (Å²) in [6.45, 7) is 0. The highest BCUT2D eigenvalue weighted by Gasteiger charge is 2.14. The van der Waals surface area contributed by atoms with Gasteiger partial charge in [-0.2, -0.15) is 0 Å². The number of hydrogen-bond acceptors (Lipinski definition) is 2. The summed E-state index contributed by atoms with van der Waals surface area (Å²) in [6.07, 6.45) is 6.95. The van der Waals surface area contributed by atoms with Crippen LogP contribution in [0.25, 0.3) is 0 Å². The van der Waals surface area contributed by atoms with Crippen LogP contribution in [0.15, 0.2) is 88.0 Å². The molecule has 2 nitrogen and oxygen atoms in total. The van der Waals surface area contributed by atoms with E-state index in [9.17, 15) is 0 Å². The van der Waals surface area contributed by atoms with E-state index in [2.05, 4.69) is 10.3 Å². The fraction of sp³-hybridized carbons (Fsp3) is 0.150. The van der Waals surface area contributed by atoms with Crippen LogP contribution in [0.3, 0.4) is 0 Å². The minimum Gasteiger partial charge on any atom is -0.361 e. The molecule has 1 N–H and O–H groups in total. The van der Waals surface area contributed by atoms with Gasteiger partial charge < -0.3 is 5.32 Å². The predicted octanol–water partition coefficient (Wildman–Crippen LogP) is 6.48. The standard InChI is InChI=1S/C20H19ClN2.ClH/c21-20-16(14-22-18-10-3-1-4-11-18)8-7-9-17(20)15-23-19-12-5-2-6-13-19;/h1-6,10-15,22H,7-9H2;1H/b16-14-,23-15?;. The van der Waals surface area contributed by atoms with Gasteiger partial charge in [-0.1, -0.05) is 48.0 Å². The quantitative estimate of drug-likeness (QED) is 0.621. The third-order valence-electron chi connectivity index (χ3n) is 3.77. The zero-order valence-electron chi connectivity index (χ0n) is 13.3. The lowest BCUT2D eigenvalue weighted by Crippen LogP contribution is -2.02. The summed E-state index contributed by atoms with van der Waals surface area (Å²) in [6, 6.07) is 20.0. The number of nitrogens with zero attached hydrogens (tertiary/aromatic N) is 1. The molecule has 0 spiro atoms. The molecule has 0 aliphatic heterocycles. The van der Waals surface area contributed by atoms with Crippen LogP contribution < -0.4 is 5.32 Å². The summed E-state index contributed by atoms with van der Waals surface area (Å²) in [5, 5.41) is 4.13. The van der Waals surface area contributed by atoms with E-state index in [1.165, 1.54) is 0 Å². The van der Waals surface area contributed by atoms with Gasteiger partial charge in [0.05, 0.1) is 5.69 Å². The molecule has 0 radical (unpaired) electrons. The van der Waals surface area contributed by atoms with Crippen LogP contribution in [0.2, 0.25) is 0 Å². The maximum atomic E-state index is 6.56. The van der Waals surface area contributed by atoms with Crippen LogP contribution in [-0.2, 0) is 0 Å². The fourth-order valence-electron chi connectivity index (χ4n) is 2.52. The predicted molar refractivity (Wildman–Crippen MR) is 107 cm³/mol. The van der Waals surface area contributed by atoms with Gasteiger partial charge in [-0.05, 0) is 54.7 Å². The Labute approximate surface area is 154 Å². The second-order valence-corrected chi connectivity index (χ2v) is 5.84. The first-order chi connectivity index (χ1) is 11.3. The summed E-state index contributed by atoms with van der Waals surface area (Å²) >= 11 is 6.56. The van der Waals surface area contributed by atoms with Crippen molar-refractivity contribution in [2.45, 2.75) is 19.3 Å². The molecular weight excluding hydrogens is 339 g/mol. The third kappa shape index (κ3) is 4.98. The number of benzene rings is 2. The molecule has 2 aromatic carbocycles.